The van der Waals surface area contributed by atoms with Crippen molar-refractivity contribution in [2.45, 2.75) is 17.7 Å². The molecule has 0 aliphatic heterocycles. The first-order valence-corrected chi connectivity index (χ1v) is 9.75. The normalized spacial score (nSPS) is 12.3. The average Bonchev–Trinajstić information content (AvgIpc) is 3.06. The van der Waals surface area contributed by atoms with Crippen LogP contribution >= 0.6 is 0 Å². The van der Waals surface area contributed by atoms with Crippen molar-refractivity contribution in [3.63, 3.8) is 0 Å². The van der Waals surface area contributed by atoms with Gasteiger partial charge < -0.3 is 9.47 Å². The van der Waals surface area contributed by atoms with E-state index in [9.17, 15) is 26.4 Å². The third-order valence-electron chi connectivity index (χ3n) is 4.14. The molecule has 0 bridgehead atoms. The van der Waals surface area contributed by atoms with Crippen LogP contribution in [-0.4, -0.2) is 32.1 Å². The highest BCUT2D eigenvalue weighted by Gasteiger charge is 2.31. The topological polar surface area (TPSA) is 74.6 Å². The molecule has 6 nitrogen and oxygen atoms in total. The molecule has 1 heterocycles. The van der Waals surface area contributed by atoms with E-state index in [-0.39, 0.29) is 28.1 Å². The number of ether oxygens (including phenoxy) is 2. The fraction of sp³-hybridized carbons (Fsp3) is 0.211. The van der Waals surface area contributed by atoms with E-state index in [2.05, 4.69) is 4.74 Å². The van der Waals surface area contributed by atoms with Crippen molar-refractivity contribution in [3.05, 3.63) is 65.9 Å². The zero-order valence-electron chi connectivity index (χ0n) is 15.1. The van der Waals surface area contributed by atoms with E-state index in [1.54, 1.807) is 6.07 Å². The second-order valence-corrected chi connectivity index (χ2v) is 7.85. The van der Waals surface area contributed by atoms with Crippen LogP contribution in [-0.2, 0) is 37.1 Å². The molecule has 10 heteroatoms. The molecule has 0 radical (unpaired) electrons. The van der Waals surface area contributed by atoms with Crippen molar-refractivity contribution < 1.29 is 35.9 Å². The van der Waals surface area contributed by atoms with Gasteiger partial charge in [0, 0.05) is 5.39 Å². The number of benzene rings is 2. The Morgan fingerprint density at radius 3 is 2.38 bits per heavy atom. The lowest BCUT2D eigenvalue weighted by Gasteiger charge is -2.12. The van der Waals surface area contributed by atoms with Gasteiger partial charge in [0.25, 0.3) is 10.0 Å². The number of carbonyl (C=O) groups excluding carboxylic acids is 1. The number of halogens is 3. The molecule has 0 unspecified atom stereocenters. The van der Waals surface area contributed by atoms with Gasteiger partial charge in [0.15, 0.2) is 0 Å². The molecule has 0 saturated carbocycles. The van der Waals surface area contributed by atoms with E-state index in [1.165, 1.54) is 37.4 Å². The van der Waals surface area contributed by atoms with Gasteiger partial charge in [-0.1, -0.05) is 18.2 Å². The zero-order valence-corrected chi connectivity index (χ0v) is 16.0. The van der Waals surface area contributed by atoms with Gasteiger partial charge in [0.2, 0.25) is 0 Å². The summed E-state index contributed by atoms with van der Waals surface area (Å²) in [7, 11) is -2.95. The Bertz CT molecular complexity index is 1140. The van der Waals surface area contributed by atoms with Crippen molar-refractivity contribution in [3.8, 4) is 0 Å². The van der Waals surface area contributed by atoms with Gasteiger partial charge >= 0.3 is 12.1 Å². The monoisotopic (exact) mass is 427 g/mol. The predicted molar refractivity (Wildman–Crippen MR) is 97.6 cm³/mol. The maximum atomic E-state index is 13.2. The third kappa shape index (κ3) is 4.28. The minimum atomic E-state index is -4.57. The smallest absolute Gasteiger partial charge is 0.416 e. The SMILES string of the molecule is COC(=O)COCc1cc2cc(C(F)(F)F)ccc2n1S(=O)(=O)c1ccccc1. The summed E-state index contributed by atoms with van der Waals surface area (Å²) < 4.78 is 76.0. The first-order chi connectivity index (χ1) is 13.6. The summed E-state index contributed by atoms with van der Waals surface area (Å²) in [5.41, 5.74) is -0.758. The van der Waals surface area contributed by atoms with Gasteiger partial charge in [-0.2, -0.15) is 13.2 Å². The average molecular weight is 427 g/mol. The summed E-state index contributed by atoms with van der Waals surface area (Å²) in [6, 6.07) is 11.6. The fourth-order valence-corrected chi connectivity index (χ4v) is 4.36. The molecule has 1 aromatic heterocycles. The van der Waals surface area contributed by atoms with Crippen LogP contribution in [0.1, 0.15) is 11.3 Å². The Hall–Kier alpha value is -2.85. The number of esters is 1. The second-order valence-electron chi connectivity index (χ2n) is 6.06. The number of nitrogens with zero attached hydrogens (tertiary/aromatic N) is 1. The standard InChI is InChI=1S/C19H16F3NO5S/c1-27-18(24)12-28-11-15-10-13-9-14(19(20,21)22)7-8-17(13)23(15)29(25,26)16-5-3-2-4-6-16/h2-10H,11-12H2,1H3. The molecule has 0 saturated heterocycles. The summed E-state index contributed by atoms with van der Waals surface area (Å²) in [5.74, 6) is -0.669. The van der Waals surface area contributed by atoms with E-state index in [1.807, 2.05) is 0 Å². The highest BCUT2D eigenvalue weighted by molar-refractivity contribution is 7.90. The van der Waals surface area contributed by atoms with E-state index in [0.29, 0.717) is 0 Å². The van der Waals surface area contributed by atoms with E-state index in [4.69, 9.17) is 4.74 Å². The van der Waals surface area contributed by atoms with Crippen LogP contribution in [0.5, 0.6) is 0 Å². The molecule has 154 valence electrons. The Kier molecular flexibility index (Phi) is 5.67. The van der Waals surface area contributed by atoms with Crippen molar-refractivity contribution >= 4 is 26.9 Å². The number of hydrogen-bond donors (Lipinski definition) is 0. The van der Waals surface area contributed by atoms with Crippen LogP contribution in [0, 0.1) is 0 Å². The minimum absolute atomic E-state index is 0.0355. The number of aromatic nitrogens is 1. The summed E-state index contributed by atoms with van der Waals surface area (Å²) in [5, 5.41) is 0.0796. The molecule has 2 aromatic carbocycles. The number of methoxy groups -OCH3 is 1. The highest BCUT2D eigenvalue weighted by atomic mass is 32.2. The lowest BCUT2D eigenvalue weighted by Crippen LogP contribution is -2.17. The van der Waals surface area contributed by atoms with Gasteiger partial charge in [-0.25, -0.2) is 17.2 Å². The predicted octanol–water partition coefficient (Wildman–Crippen LogP) is 3.59. The summed E-state index contributed by atoms with van der Waals surface area (Å²) in [4.78, 5) is 11.2. The first kappa shape index (κ1) is 20.9. The molecular weight excluding hydrogens is 411 g/mol. The maximum Gasteiger partial charge on any atom is 0.416 e. The number of alkyl halides is 3. The molecule has 3 rings (SSSR count). The second kappa shape index (κ2) is 7.88. The Morgan fingerprint density at radius 2 is 1.76 bits per heavy atom. The van der Waals surface area contributed by atoms with Crippen LogP contribution in [0.15, 0.2) is 59.5 Å². The quantitative estimate of drug-likeness (QED) is 0.562. The number of carbonyl (C=O) groups is 1. The van der Waals surface area contributed by atoms with Crippen LogP contribution in [0.4, 0.5) is 13.2 Å². The van der Waals surface area contributed by atoms with Crippen molar-refractivity contribution in [1.29, 1.82) is 0 Å². The van der Waals surface area contributed by atoms with Crippen molar-refractivity contribution in [2.24, 2.45) is 0 Å². The fourth-order valence-electron chi connectivity index (χ4n) is 2.80. The number of fused-ring (bicyclic) bond motifs is 1. The highest BCUT2D eigenvalue weighted by Crippen LogP contribution is 2.34. The van der Waals surface area contributed by atoms with Crippen LogP contribution < -0.4 is 0 Å². The van der Waals surface area contributed by atoms with Gasteiger partial charge in [-0.05, 0) is 36.4 Å². The molecule has 0 aliphatic carbocycles. The molecule has 0 N–H and O–H groups in total. The summed E-state index contributed by atoms with van der Waals surface area (Å²) in [6.45, 7) is -0.756. The Balaban J connectivity index is 2.14. The van der Waals surface area contributed by atoms with Crippen molar-refractivity contribution in [1.82, 2.24) is 3.97 Å². The molecular formula is C19H16F3NO5S. The van der Waals surface area contributed by atoms with E-state index in [0.717, 1.165) is 22.2 Å². The molecule has 0 amide bonds. The minimum Gasteiger partial charge on any atom is -0.467 e. The largest absolute Gasteiger partial charge is 0.467 e. The van der Waals surface area contributed by atoms with Crippen molar-refractivity contribution in [2.75, 3.05) is 13.7 Å². The molecule has 3 aromatic rings. The van der Waals surface area contributed by atoms with Crippen LogP contribution in [0.2, 0.25) is 0 Å². The van der Waals surface area contributed by atoms with Crippen LogP contribution in [0.25, 0.3) is 10.9 Å². The number of hydrogen-bond acceptors (Lipinski definition) is 5. The van der Waals surface area contributed by atoms with Gasteiger partial charge in [-0.3, -0.25) is 0 Å². The molecule has 0 spiro atoms. The van der Waals surface area contributed by atoms with E-state index < -0.39 is 34.3 Å². The van der Waals surface area contributed by atoms with E-state index >= 15 is 0 Å². The molecule has 0 atom stereocenters. The molecule has 0 aliphatic rings. The molecule has 29 heavy (non-hydrogen) atoms. The van der Waals surface area contributed by atoms with Gasteiger partial charge in [0.05, 0.1) is 35.4 Å². The van der Waals surface area contributed by atoms with Gasteiger partial charge in [0.1, 0.15) is 6.61 Å². The molecule has 0 fully saturated rings. The summed E-state index contributed by atoms with van der Waals surface area (Å²) in [6.07, 6.45) is -4.57. The van der Waals surface area contributed by atoms with Gasteiger partial charge in [-0.15, -0.1) is 0 Å². The zero-order chi connectivity index (χ0) is 21.2. The lowest BCUT2D eigenvalue weighted by molar-refractivity contribution is -0.146. The maximum absolute atomic E-state index is 13.2. The number of rotatable bonds is 6. The van der Waals surface area contributed by atoms with Crippen LogP contribution in [0.3, 0.4) is 0 Å². The first-order valence-electron chi connectivity index (χ1n) is 8.31. The summed E-state index contributed by atoms with van der Waals surface area (Å²) >= 11 is 0. The third-order valence-corrected chi connectivity index (χ3v) is 5.92. The Morgan fingerprint density at radius 1 is 1.07 bits per heavy atom. The Labute approximate surface area is 164 Å². The lowest BCUT2D eigenvalue weighted by atomic mass is 10.1.